The van der Waals surface area contributed by atoms with E-state index in [0.29, 0.717) is 11.5 Å². The van der Waals surface area contributed by atoms with Crippen molar-refractivity contribution in [1.82, 2.24) is 19.3 Å². The third-order valence-corrected chi connectivity index (χ3v) is 10.2. The fourth-order valence-corrected chi connectivity index (χ4v) is 8.06. The molecule has 0 radical (unpaired) electrons. The van der Waals surface area contributed by atoms with Crippen LogP contribution >= 0.6 is 0 Å². The maximum atomic E-state index is 6.57. The molecule has 4 aromatic carbocycles. The second-order valence-corrected chi connectivity index (χ2v) is 16.9. The van der Waals surface area contributed by atoms with Gasteiger partial charge in [0.1, 0.15) is 5.82 Å². The molecule has 280 valence electrons. The molecule has 3 heterocycles. The van der Waals surface area contributed by atoms with Crippen LogP contribution in [0.5, 0.6) is 11.5 Å². The minimum Gasteiger partial charge on any atom is -0.509 e. The molecular weight excluding hydrogens is 755 g/mol. The van der Waals surface area contributed by atoms with Crippen LogP contribution in [0.4, 0.5) is 0 Å². The van der Waals surface area contributed by atoms with Crippen molar-refractivity contribution in [3.8, 4) is 34.1 Å². The Hall–Kier alpha value is -4.50. The minimum atomic E-state index is -0.00762. The van der Waals surface area contributed by atoms with Gasteiger partial charge in [0, 0.05) is 34.5 Å². The normalized spacial score (nSPS) is 12.1. The summed E-state index contributed by atoms with van der Waals surface area (Å²) in [6.07, 6.45) is 3.80. The Bertz CT molecular complexity index is 2450. The number of pyridine rings is 1. The van der Waals surface area contributed by atoms with Crippen LogP contribution in [0.15, 0.2) is 85.1 Å². The van der Waals surface area contributed by atoms with Gasteiger partial charge >= 0.3 is 20.4 Å². The van der Waals surface area contributed by atoms with E-state index in [9.17, 15) is 0 Å². The smallest absolute Gasteiger partial charge is 0.509 e. The first-order chi connectivity index (χ1) is 25.2. The minimum absolute atomic E-state index is 0. The van der Waals surface area contributed by atoms with E-state index in [2.05, 4.69) is 158 Å². The average molecular weight is 807 g/mol. The Kier molecular flexibility index (Phi) is 10.9. The van der Waals surface area contributed by atoms with E-state index in [1.165, 1.54) is 39.1 Å². The second-order valence-electron chi connectivity index (χ2n) is 16.9. The molecule has 0 amide bonds. The molecule has 0 aliphatic carbocycles. The van der Waals surface area contributed by atoms with E-state index in [-0.39, 0.29) is 37.2 Å². The number of hydrogen-bond donors (Lipinski definition) is 0. The van der Waals surface area contributed by atoms with E-state index >= 15 is 0 Å². The number of aromatic nitrogens is 4. The van der Waals surface area contributed by atoms with Crippen molar-refractivity contribution in [2.45, 2.75) is 106 Å². The molecule has 0 fully saturated rings. The number of nitrogens with zero attached hydrogens (tertiary/aromatic N) is 4. The van der Waals surface area contributed by atoms with Crippen LogP contribution in [-0.2, 0) is 37.7 Å². The van der Waals surface area contributed by atoms with Crippen LogP contribution in [0, 0.1) is 26.0 Å². The molecular formula is C48H52N4OPd. The van der Waals surface area contributed by atoms with E-state index in [1.54, 1.807) is 0 Å². The summed E-state index contributed by atoms with van der Waals surface area (Å²) in [5.74, 6) is 2.34. The van der Waals surface area contributed by atoms with Crippen molar-refractivity contribution in [1.29, 1.82) is 0 Å². The van der Waals surface area contributed by atoms with Crippen molar-refractivity contribution in [2.75, 3.05) is 0 Å². The molecule has 3 aromatic heterocycles. The first kappa shape index (κ1) is 39.2. The molecule has 0 saturated heterocycles. The maximum absolute atomic E-state index is 6.57. The second kappa shape index (κ2) is 15.0. The molecule has 6 heteroatoms. The fourth-order valence-electron chi connectivity index (χ4n) is 8.06. The molecule has 0 aliphatic rings. The van der Waals surface area contributed by atoms with E-state index in [4.69, 9.17) is 14.8 Å². The number of para-hydroxylation sites is 1. The first-order valence-corrected chi connectivity index (χ1v) is 19.0. The van der Waals surface area contributed by atoms with Crippen LogP contribution in [0.2, 0.25) is 0 Å². The average Bonchev–Trinajstić information content (AvgIpc) is 3.63. The monoisotopic (exact) mass is 806 g/mol. The molecule has 0 unspecified atom stereocenters. The Labute approximate surface area is 335 Å². The van der Waals surface area contributed by atoms with Crippen LogP contribution < -0.4 is 4.74 Å². The van der Waals surface area contributed by atoms with Crippen LogP contribution in [0.1, 0.15) is 108 Å². The zero-order chi connectivity index (χ0) is 37.8. The van der Waals surface area contributed by atoms with Gasteiger partial charge in [0.25, 0.3) is 0 Å². The summed E-state index contributed by atoms with van der Waals surface area (Å²) in [5, 5.41) is 7.55. The third-order valence-electron chi connectivity index (χ3n) is 10.2. The van der Waals surface area contributed by atoms with Gasteiger partial charge in [-0.25, -0.2) is 4.98 Å². The number of ether oxygens (including phenoxy) is 1. The van der Waals surface area contributed by atoms with E-state index in [0.717, 1.165) is 51.8 Å². The number of aryl methyl sites for hydroxylation is 2. The summed E-state index contributed by atoms with van der Waals surface area (Å²) in [4.78, 5) is 4.83. The Morgan fingerprint density at radius 1 is 0.778 bits per heavy atom. The molecule has 0 atom stereocenters. The third kappa shape index (κ3) is 7.31. The van der Waals surface area contributed by atoms with Crippen molar-refractivity contribution in [2.24, 2.45) is 0 Å². The Morgan fingerprint density at radius 2 is 1.48 bits per heavy atom. The summed E-state index contributed by atoms with van der Waals surface area (Å²) >= 11 is 0. The van der Waals surface area contributed by atoms with Gasteiger partial charge in [0.05, 0.1) is 5.69 Å². The quantitative estimate of drug-likeness (QED) is 0.113. The van der Waals surface area contributed by atoms with Crippen LogP contribution in [0.3, 0.4) is 0 Å². The van der Waals surface area contributed by atoms with Gasteiger partial charge in [0.2, 0.25) is 0 Å². The summed E-state index contributed by atoms with van der Waals surface area (Å²) in [7, 11) is 0. The first-order valence-electron chi connectivity index (χ1n) is 19.0. The number of hydrogen-bond acceptors (Lipinski definition) is 3. The zero-order valence-corrected chi connectivity index (χ0v) is 35.1. The zero-order valence-electron chi connectivity index (χ0n) is 33.6. The van der Waals surface area contributed by atoms with Gasteiger partial charge in [-0.3, -0.25) is 4.68 Å². The van der Waals surface area contributed by atoms with Gasteiger partial charge in [0.15, 0.2) is 0 Å². The van der Waals surface area contributed by atoms with Crippen LogP contribution in [0.25, 0.3) is 44.4 Å². The molecule has 0 bridgehead atoms. The molecule has 5 nitrogen and oxygen atoms in total. The molecule has 0 spiro atoms. The van der Waals surface area contributed by atoms with Crippen molar-refractivity contribution in [3.63, 3.8) is 0 Å². The Morgan fingerprint density at radius 3 is 2.15 bits per heavy atom. The SMILES string of the molecule is CCCc1c(-c2cc(C)c(C(C)(C)C)c(C)c2)c(C(C)C)nn1-c1[c-]c(Oc2[c-]c3c(cc2)c2ccccc2n3-c2cc(C(C)(C)C)ccn2)ccc1.[Pd+2]. The summed E-state index contributed by atoms with van der Waals surface area (Å²) < 4.78 is 10.9. The van der Waals surface area contributed by atoms with Gasteiger partial charge in [-0.05, 0) is 94.1 Å². The number of benzene rings is 4. The van der Waals surface area contributed by atoms with E-state index in [1.807, 2.05) is 24.4 Å². The molecule has 0 saturated carbocycles. The molecule has 7 rings (SSSR count). The summed E-state index contributed by atoms with van der Waals surface area (Å²) in [6, 6.07) is 34.8. The predicted molar refractivity (Wildman–Crippen MR) is 220 cm³/mol. The molecule has 0 aliphatic heterocycles. The fraction of sp³-hybridized carbons (Fsp3) is 0.333. The van der Waals surface area contributed by atoms with E-state index < -0.39 is 0 Å². The number of rotatable bonds is 8. The van der Waals surface area contributed by atoms with Gasteiger partial charge in [-0.2, -0.15) is 17.2 Å². The van der Waals surface area contributed by atoms with Gasteiger partial charge in [-0.15, -0.1) is 35.7 Å². The summed E-state index contributed by atoms with van der Waals surface area (Å²) in [6.45, 7) is 24.8. The molecule has 54 heavy (non-hydrogen) atoms. The van der Waals surface area contributed by atoms with Crippen LogP contribution in [-0.4, -0.2) is 19.3 Å². The topological polar surface area (TPSA) is 44.9 Å². The van der Waals surface area contributed by atoms with Crippen molar-refractivity contribution >= 4 is 21.8 Å². The number of fused-ring (bicyclic) bond motifs is 3. The Balaban J connectivity index is 0.00000497. The van der Waals surface area contributed by atoms with Crippen molar-refractivity contribution < 1.29 is 25.2 Å². The summed E-state index contributed by atoms with van der Waals surface area (Å²) in [5.41, 5.74) is 13.0. The predicted octanol–water partition coefficient (Wildman–Crippen LogP) is 12.7. The van der Waals surface area contributed by atoms with Crippen molar-refractivity contribution in [3.05, 3.63) is 131 Å². The maximum Gasteiger partial charge on any atom is 2.00 e. The molecule has 0 N–H and O–H groups in total. The molecule has 7 aromatic rings. The van der Waals surface area contributed by atoms with Gasteiger partial charge < -0.3 is 9.30 Å². The van der Waals surface area contributed by atoms with Gasteiger partial charge in [-0.1, -0.05) is 105 Å². The largest absolute Gasteiger partial charge is 2.00 e. The standard InChI is InChI=1S/C48H52N4O.Pd/c1-12-16-41-44(33-25-31(4)45(32(5)26-33)48(9,10)11)46(30(2)3)50-52(41)35-17-15-18-36(28-35)53-37-21-22-39-38-19-13-14-20-40(38)51(42(39)29-37)43-27-34(23-24-49-43)47(6,7)8;/h13-15,17-27,30H,12,16H2,1-11H3;/q-2;+2.